The Morgan fingerprint density at radius 1 is 1.17 bits per heavy atom. The van der Waals surface area contributed by atoms with E-state index in [9.17, 15) is 4.79 Å². The van der Waals surface area contributed by atoms with Gasteiger partial charge in [-0.25, -0.2) is 4.79 Å². The molecule has 1 aliphatic carbocycles. The highest BCUT2D eigenvalue weighted by atomic mass is 16.5. The van der Waals surface area contributed by atoms with E-state index in [1.165, 1.54) is 0 Å². The van der Waals surface area contributed by atoms with Crippen molar-refractivity contribution in [2.24, 2.45) is 0 Å². The predicted molar refractivity (Wildman–Crippen MR) is 92.4 cm³/mol. The van der Waals surface area contributed by atoms with Gasteiger partial charge in [-0.2, -0.15) is 0 Å². The van der Waals surface area contributed by atoms with Gasteiger partial charge in [0.2, 0.25) is 0 Å². The van der Waals surface area contributed by atoms with Crippen molar-refractivity contribution in [2.75, 3.05) is 24.3 Å². The molecule has 1 aromatic carbocycles. The summed E-state index contributed by atoms with van der Waals surface area (Å²) in [6.07, 6.45) is 2.91. The molecule has 24 heavy (non-hydrogen) atoms. The molecule has 0 unspecified atom stereocenters. The summed E-state index contributed by atoms with van der Waals surface area (Å²) in [5, 5.41) is 16.8. The summed E-state index contributed by atoms with van der Waals surface area (Å²) in [6.45, 7) is 0.712. The molecule has 1 fully saturated rings. The molecule has 1 heterocycles. The predicted octanol–water partition coefficient (Wildman–Crippen LogP) is 2.42. The molecule has 7 heteroatoms. The number of hydrogen-bond acceptors (Lipinski definition) is 5. The lowest BCUT2D eigenvalue weighted by Crippen LogP contribution is -2.30. The molecule has 2 amide bonds. The topological polar surface area (TPSA) is 88.2 Å². The maximum atomic E-state index is 11.6. The Bertz CT molecular complexity index is 686. The van der Waals surface area contributed by atoms with E-state index < -0.39 is 0 Å². The van der Waals surface area contributed by atoms with Crippen molar-refractivity contribution >= 4 is 17.7 Å². The molecule has 0 saturated heterocycles. The Kier molecular flexibility index (Phi) is 5.10. The number of benzene rings is 1. The number of aromatic nitrogens is 2. The van der Waals surface area contributed by atoms with E-state index >= 15 is 0 Å². The quantitative estimate of drug-likeness (QED) is 0.727. The molecule has 0 radical (unpaired) electrons. The lowest BCUT2D eigenvalue weighted by molar-refractivity contribution is 0.251. The molecule has 3 rings (SSSR count). The third kappa shape index (κ3) is 4.58. The van der Waals surface area contributed by atoms with Gasteiger partial charge in [-0.05, 0) is 43.0 Å². The van der Waals surface area contributed by atoms with E-state index in [1.54, 1.807) is 19.2 Å². The highest BCUT2D eigenvalue weighted by molar-refractivity contribution is 5.88. The first-order valence-corrected chi connectivity index (χ1v) is 8.01. The van der Waals surface area contributed by atoms with Crippen LogP contribution >= 0.6 is 0 Å². The second-order valence-corrected chi connectivity index (χ2v) is 5.67. The van der Waals surface area contributed by atoms with Crippen LogP contribution in [0.1, 0.15) is 18.4 Å². The maximum absolute atomic E-state index is 11.6. The zero-order valence-electron chi connectivity index (χ0n) is 13.6. The van der Waals surface area contributed by atoms with E-state index in [4.69, 9.17) is 4.74 Å². The highest BCUT2D eigenvalue weighted by Crippen LogP contribution is 2.19. The molecular weight excluding hydrogens is 306 g/mol. The molecule has 126 valence electrons. The molecule has 1 aromatic heterocycles. The monoisotopic (exact) mass is 327 g/mol. The number of nitrogens with zero attached hydrogens (tertiary/aromatic N) is 2. The summed E-state index contributed by atoms with van der Waals surface area (Å²) in [7, 11) is 1.67. The van der Waals surface area contributed by atoms with E-state index in [1.807, 2.05) is 24.3 Å². The summed E-state index contributed by atoms with van der Waals surface area (Å²) in [5.41, 5.74) is 1.13. The number of carbonyl (C=O) groups excluding carboxylic acids is 1. The van der Waals surface area contributed by atoms with Crippen molar-refractivity contribution in [2.45, 2.75) is 25.3 Å². The molecule has 0 bridgehead atoms. The van der Waals surface area contributed by atoms with E-state index in [0.29, 0.717) is 24.2 Å². The van der Waals surface area contributed by atoms with Gasteiger partial charge in [-0.1, -0.05) is 18.2 Å². The number of rotatable bonds is 7. The van der Waals surface area contributed by atoms with Crippen LogP contribution in [0.5, 0.6) is 5.75 Å². The van der Waals surface area contributed by atoms with Crippen LogP contribution in [0.2, 0.25) is 0 Å². The van der Waals surface area contributed by atoms with Crippen LogP contribution in [0.25, 0.3) is 0 Å². The normalized spacial score (nSPS) is 13.2. The molecule has 0 atom stereocenters. The average molecular weight is 327 g/mol. The van der Waals surface area contributed by atoms with Crippen LogP contribution in [0, 0.1) is 0 Å². The van der Waals surface area contributed by atoms with E-state index in [0.717, 1.165) is 30.6 Å². The molecule has 0 spiro atoms. The number of urea groups is 1. The largest absolute Gasteiger partial charge is 0.496 e. The number of amides is 2. The lowest BCUT2D eigenvalue weighted by atomic mass is 10.1. The van der Waals surface area contributed by atoms with Crippen LogP contribution in [0.15, 0.2) is 36.4 Å². The molecule has 7 nitrogen and oxygen atoms in total. The number of hydrogen-bond donors (Lipinski definition) is 3. The first kappa shape index (κ1) is 16.0. The highest BCUT2D eigenvalue weighted by Gasteiger charge is 2.23. The Hall–Kier alpha value is -2.83. The van der Waals surface area contributed by atoms with Crippen LogP contribution < -0.4 is 20.7 Å². The van der Waals surface area contributed by atoms with Gasteiger partial charge in [0.1, 0.15) is 11.6 Å². The Labute approximate surface area is 140 Å². The SMILES string of the molecule is COc1ccccc1CCNc1ccc(NC(=O)NC2CC2)nn1. The van der Waals surface area contributed by atoms with Gasteiger partial charge in [0.25, 0.3) is 0 Å². The molecule has 2 aromatic rings. The third-order valence-corrected chi connectivity index (χ3v) is 3.71. The summed E-state index contributed by atoms with van der Waals surface area (Å²) < 4.78 is 5.33. The zero-order chi connectivity index (χ0) is 16.8. The summed E-state index contributed by atoms with van der Waals surface area (Å²) in [4.78, 5) is 11.6. The fourth-order valence-corrected chi connectivity index (χ4v) is 2.29. The smallest absolute Gasteiger partial charge is 0.320 e. The van der Waals surface area contributed by atoms with Gasteiger partial charge >= 0.3 is 6.03 Å². The third-order valence-electron chi connectivity index (χ3n) is 3.71. The Morgan fingerprint density at radius 2 is 1.92 bits per heavy atom. The van der Waals surface area contributed by atoms with Crippen LogP contribution in [-0.2, 0) is 6.42 Å². The lowest BCUT2D eigenvalue weighted by Gasteiger charge is -2.09. The Balaban J connectivity index is 1.46. The fourth-order valence-electron chi connectivity index (χ4n) is 2.29. The zero-order valence-corrected chi connectivity index (χ0v) is 13.6. The number of anilines is 2. The molecular formula is C17H21N5O2. The van der Waals surface area contributed by atoms with Gasteiger partial charge in [0.05, 0.1) is 7.11 Å². The molecule has 0 aliphatic heterocycles. The maximum Gasteiger partial charge on any atom is 0.320 e. The van der Waals surface area contributed by atoms with Crippen molar-refractivity contribution in [1.29, 1.82) is 0 Å². The van der Waals surface area contributed by atoms with Crippen molar-refractivity contribution < 1.29 is 9.53 Å². The van der Waals surface area contributed by atoms with Gasteiger partial charge < -0.3 is 15.4 Å². The van der Waals surface area contributed by atoms with Crippen LogP contribution in [-0.4, -0.2) is 35.9 Å². The van der Waals surface area contributed by atoms with E-state index in [2.05, 4.69) is 26.1 Å². The summed E-state index contributed by atoms with van der Waals surface area (Å²) >= 11 is 0. The minimum atomic E-state index is -0.233. The minimum Gasteiger partial charge on any atom is -0.496 e. The van der Waals surface area contributed by atoms with Gasteiger partial charge in [0.15, 0.2) is 5.82 Å². The first-order chi connectivity index (χ1) is 11.7. The minimum absolute atomic E-state index is 0.233. The molecule has 1 saturated carbocycles. The van der Waals surface area contributed by atoms with Gasteiger partial charge in [-0.3, -0.25) is 5.32 Å². The number of nitrogens with one attached hydrogen (secondary N) is 3. The number of para-hydroxylation sites is 1. The number of carbonyl (C=O) groups is 1. The second-order valence-electron chi connectivity index (χ2n) is 5.67. The van der Waals surface area contributed by atoms with Crippen molar-refractivity contribution in [3.05, 3.63) is 42.0 Å². The van der Waals surface area contributed by atoms with E-state index in [-0.39, 0.29) is 6.03 Å². The van der Waals surface area contributed by atoms with Crippen LogP contribution in [0.3, 0.4) is 0 Å². The second kappa shape index (κ2) is 7.63. The van der Waals surface area contributed by atoms with Gasteiger partial charge in [-0.15, -0.1) is 10.2 Å². The van der Waals surface area contributed by atoms with Crippen LogP contribution in [0.4, 0.5) is 16.4 Å². The average Bonchev–Trinajstić information content (AvgIpc) is 3.40. The standard InChI is InChI=1S/C17H21N5O2/c1-24-14-5-3-2-4-12(14)10-11-18-15-8-9-16(22-21-15)20-17(23)19-13-6-7-13/h2-5,8-9,13H,6-7,10-11H2,1H3,(H,18,21)(H2,19,20,22,23). The van der Waals surface area contributed by atoms with Gasteiger partial charge in [0, 0.05) is 12.6 Å². The number of methoxy groups -OCH3 is 1. The summed E-state index contributed by atoms with van der Waals surface area (Å²) in [5.74, 6) is 1.98. The fraction of sp³-hybridized carbons (Fsp3) is 0.353. The first-order valence-electron chi connectivity index (χ1n) is 8.01. The van der Waals surface area contributed by atoms with Crippen molar-refractivity contribution in [3.8, 4) is 5.75 Å². The van der Waals surface area contributed by atoms with Crippen molar-refractivity contribution in [1.82, 2.24) is 15.5 Å². The number of ether oxygens (including phenoxy) is 1. The van der Waals surface area contributed by atoms with Crippen molar-refractivity contribution in [3.63, 3.8) is 0 Å². The summed E-state index contributed by atoms with van der Waals surface area (Å²) in [6, 6.07) is 11.5. The Morgan fingerprint density at radius 3 is 2.62 bits per heavy atom. The molecule has 3 N–H and O–H groups in total. The molecule has 1 aliphatic rings.